The Morgan fingerprint density at radius 3 is 2.48 bits per heavy atom. The van der Waals surface area contributed by atoms with E-state index in [1.807, 2.05) is 13.8 Å². The molecule has 0 saturated heterocycles. The summed E-state index contributed by atoms with van der Waals surface area (Å²) >= 11 is 11.7. The molecule has 0 saturated carbocycles. The zero-order chi connectivity index (χ0) is 15.3. The molecule has 5 nitrogen and oxygen atoms in total. The molecular formula is C13H12Cl2FN5. The fourth-order valence-electron chi connectivity index (χ4n) is 2.33. The van der Waals surface area contributed by atoms with E-state index in [1.54, 1.807) is 9.25 Å². The van der Waals surface area contributed by atoms with E-state index < -0.39 is 5.82 Å². The number of halogens is 3. The zero-order valence-corrected chi connectivity index (χ0v) is 12.9. The van der Waals surface area contributed by atoms with Crippen LogP contribution in [0.25, 0.3) is 16.9 Å². The number of nitrogens with zero attached hydrogens (tertiary/aromatic N) is 4. The Hall–Kier alpha value is -1.79. The summed E-state index contributed by atoms with van der Waals surface area (Å²) in [6, 6.07) is 2.92. The SMILES string of the molecule is CCn1nc(C)c2nc(N)n(-c3cc(Cl)c(F)c(Cl)c3)c21. The lowest BCUT2D eigenvalue weighted by atomic mass is 10.3. The van der Waals surface area contributed by atoms with Gasteiger partial charge in [0.05, 0.1) is 21.4 Å². The molecule has 110 valence electrons. The van der Waals surface area contributed by atoms with E-state index in [0.717, 1.165) is 11.3 Å². The highest BCUT2D eigenvalue weighted by Crippen LogP contribution is 2.31. The highest BCUT2D eigenvalue weighted by molar-refractivity contribution is 6.35. The minimum Gasteiger partial charge on any atom is -0.369 e. The maximum atomic E-state index is 13.6. The lowest BCUT2D eigenvalue weighted by molar-refractivity contribution is 0.628. The fourth-order valence-corrected chi connectivity index (χ4v) is 2.81. The summed E-state index contributed by atoms with van der Waals surface area (Å²) in [7, 11) is 0. The van der Waals surface area contributed by atoms with Gasteiger partial charge in [0, 0.05) is 6.54 Å². The van der Waals surface area contributed by atoms with Gasteiger partial charge in [-0.15, -0.1) is 0 Å². The smallest absolute Gasteiger partial charge is 0.207 e. The molecule has 0 fully saturated rings. The molecule has 0 radical (unpaired) electrons. The van der Waals surface area contributed by atoms with Crippen molar-refractivity contribution in [3.8, 4) is 5.69 Å². The average molecular weight is 328 g/mol. The van der Waals surface area contributed by atoms with E-state index in [-0.39, 0.29) is 16.0 Å². The number of aromatic nitrogens is 4. The summed E-state index contributed by atoms with van der Waals surface area (Å²) in [5.41, 5.74) is 8.74. The predicted molar refractivity (Wildman–Crippen MR) is 81.7 cm³/mol. The third kappa shape index (κ3) is 2.06. The first kappa shape index (κ1) is 14.2. The minimum absolute atomic E-state index is 0.0713. The number of hydrogen-bond acceptors (Lipinski definition) is 3. The first-order chi connectivity index (χ1) is 9.93. The van der Waals surface area contributed by atoms with Gasteiger partial charge in [-0.1, -0.05) is 23.2 Å². The van der Waals surface area contributed by atoms with E-state index in [4.69, 9.17) is 28.9 Å². The third-order valence-electron chi connectivity index (χ3n) is 3.26. The van der Waals surface area contributed by atoms with Crippen LogP contribution in [0.4, 0.5) is 10.3 Å². The van der Waals surface area contributed by atoms with Gasteiger partial charge in [0.2, 0.25) is 5.95 Å². The molecule has 2 N–H and O–H groups in total. The summed E-state index contributed by atoms with van der Waals surface area (Å²) in [6.45, 7) is 4.47. The summed E-state index contributed by atoms with van der Waals surface area (Å²) < 4.78 is 17.0. The molecule has 0 aliphatic heterocycles. The van der Waals surface area contributed by atoms with E-state index in [2.05, 4.69) is 10.1 Å². The number of benzene rings is 1. The van der Waals surface area contributed by atoms with E-state index in [9.17, 15) is 4.39 Å². The van der Waals surface area contributed by atoms with Crippen LogP contribution in [-0.2, 0) is 6.54 Å². The second-order valence-electron chi connectivity index (χ2n) is 4.60. The molecule has 2 aromatic heterocycles. The van der Waals surface area contributed by atoms with Gasteiger partial charge in [-0.05, 0) is 26.0 Å². The quantitative estimate of drug-likeness (QED) is 0.732. The number of rotatable bonds is 2. The van der Waals surface area contributed by atoms with Crippen LogP contribution < -0.4 is 5.73 Å². The van der Waals surface area contributed by atoms with Crippen LogP contribution in [0.3, 0.4) is 0 Å². The molecule has 3 rings (SSSR count). The molecule has 0 atom stereocenters. The Morgan fingerprint density at radius 2 is 1.90 bits per heavy atom. The van der Waals surface area contributed by atoms with E-state index >= 15 is 0 Å². The van der Waals surface area contributed by atoms with Gasteiger partial charge in [-0.25, -0.2) is 14.1 Å². The topological polar surface area (TPSA) is 61.7 Å². The normalized spacial score (nSPS) is 11.5. The summed E-state index contributed by atoms with van der Waals surface area (Å²) in [5.74, 6) is -0.386. The summed E-state index contributed by atoms with van der Waals surface area (Å²) in [4.78, 5) is 4.32. The van der Waals surface area contributed by atoms with Gasteiger partial charge < -0.3 is 5.73 Å². The van der Waals surface area contributed by atoms with Gasteiger partial charge in [0.25, 0.3) is 0 Å². The number of nitrogens with two attached hydrogens (primary N) is 1. The molecule has 3 aromatic rings. The van der Waals surface area contributed by atoms with Gasteiger partial charge >= 0.3 is 0 Å². The van der Waals surface area contributed by atoms with E-state index in [0.29, 0.717) is 17.7 Å². The molecule has 0 unspecified atom stereocenters. The van der Waals surface area contributed by atoms with Crippen molar-refractivity contribution < 1.29 is 4.39 Å². The molecule has 0 bridgehead atoms. The first-order valence-corrected chi connectivity index (χ1v) is 7.05. The number of fused-ring (bicyclic) bond motifs is 1. The molecular weight excluding hydrogens is 316 g/mol. The lowest BCUT2D eigenvalue weighted by Crippen LogP contribution is -2.07. The highest BCUT2D eigenvalue weighted by atomic mass is 35.5. The second kappa shape index (κ2) is 4.89. The molecule has 21 heavy (non-hydrogen) atoms. The van der Waals surface area contributed by atoms with Crippen LogP contribution >= 0.6 is 23.2 Å². The predicted octanol–water partition coefficient (Wildman–Crippen LogP) is 3.58. The Labute approximate surface area is 130 Å². The van der Waals surface area contributed by atoms with Crippen LogP contribution in [0.15, 0.2) is 12.1 Å². The van der Waals surface area contributed by atoms with Gasteiger partial charge in [-0.2, -0.15) is 5.10 Å². The Morgan fingerprint density at radius 1 is 1.29 bits per heavy atom. The van der Waals surface area contributed by atoms with Crippen molar-refractivity contribution >= 4 is 40.3 Å². The fraction of sp³-hybridized carbons (Fsp3) is 0.231. The Bertz CT molecular complexity index is 829. The van der Waals surface area contributed by atoms with Crippen molar-refractivity contribution in [2.24, 2.45) is 0 Å². The number of aryl methyl sites for hydroxylation is 2. The lowest BCUT2D eigenvalue weighted by Gasteiger charge is -2.09. The van der Waals surface area contributed by atoms with Crippen molar-refractivity contribution in [1.82, 2.24) is 19.3 Å². The molecule has 2 heterocycles. The molecule has 1 aromatic carbocycles. The van der Waals surface area contributed by atoms with Crippen molar-refractivity contribution in [2.75, 3.05) is 5.73 Å². The molecule has 0 amide bonds. The van der Waals surface area contributed by atoms with Crippen LogP contribution in [0.1, 0.15) is 12.6 Å². The molecule has 0 aliphatic carbocycles. The van der Waals surface area contributed by atoms with Gasteiger partial charge in [0.1, 0.15) is 5.52 Å². The summed E-state index contributed by atoms with van der Waals surface area (Å²) in [5, 5.41) is 4.25. The monoisotopic (exact) mass is 327 g/mol. The maximum Gasteiger partial charge on any atom is 0.207 e. The number of imidazole rings is 1. The van der Waals surface area contributed by atoms with Crippen LogP contribution in [0.5, 0.6) is 0 Å². The van der Waals surface area contributed by atoms with Gasteiger partial charge in [0.15, 0.2) is 11.5 Å². The maximum absolute atomic E-state index is 13.6. The number of hydrogen-bond donors (Lipinski definition) is 1. The number of nitrogen functional groups attached to an aromatic ring is 1. The van der Waals surface area contributed by atoms with Gasteiger partial charge in [-0.3, -0.25) is 4.57 Å². The molecule has 0 spiro atoms. The Balaban J connectivity index is 2.37. The Kier molecular flexibility index (Phi) is 3.30. The average Bonchev–Trinajstić information content (AvgIpc) is 2.92. The van der Waals surface area contributed by atoms with Crippen LogP contribution in [0.2, 0.25) is 10.0 Å². The van der Waals surface area contributed by atoms with Crippen molar-refractivity contribution in [1.29, 1.82) is 0 Å². The van der Waals surface area contributed by atoms with Crippen molar-refractivity contribution in [2.45, 2.75) is 20.4 Å². The van der Waals surface area contributed by atoms with Crippen LogP contribution in [-0.4, -0.2) is 19.3 Å². The first-order valence-electron chi connectivity index (χ1n) is 6.30. The van der Waals surface area contributed by atoms with Crippen molar-refractivity contribution in [3.63, 3.8) is 0 Å². The third-order valence-corrected chi connectivity index (χ3v) is 3.81. The highest BCUT2D eigenvalue weighted by Gasteiger charge is 2.19. The molecule has 0 aliphatic rings. The minimum atomic E-state index is -0.655. The number of anilines is 1. The second-order valence-corrected chi connectivity index (χ2v) is 5.42. The summed E-state index contributed by atoms with van der Waals surface area (Å²) in [6.07, 6.45) is 0. The van der Waals surface area contributed by atoms with Crippen molar-refractivity contribution in [3.05, 3.63) is 33.7 Å². The van der Waals surface area contributed by atoms with E-state index in [1.165, 1.54) is 12.1 Å². The largest absolute Gasteiger partial charge is 0.369 e. The molecule has 8 heteroatoms. The standard InChI is InChI=1S/C13H12Cl2FN5/c1-3-20-12-11(6(2)19-20)18-13(17)21(12)7-4-8(14)10(16)9(15)5-7/h4-5H,3H2,1-2H3,(H2,17,18). The zero-order valence-electron chi connectivity index (χ0n) is 11.4. The van der Waals surface area contributed by atoms with Crippen LogP contribution in [0, 0.1) is 12.7 Å².